The summed E-state index contributed by atoms with van der Waals surface area (Å²) in [6.45, 7) is 4.63. The molecule has 0 fully saturated rings. The molecule has 1 atom stereocenters. The SMILES string of the molecule is CCCCCCCCC(=O)C(C(=O)OCC)c1cccc(OCc2ccccc2)c1. The van der Waals surface area contributed by atoms with Gasteiger partial charge in [0.15, 0.2) is 5.78 Å². The van der Waals surface area contributed by atoms with Gasteiger partial charge in [-0.1, -0.05) is 81.5 Å². The third-order valence-corrected chi connectivity index (χ3v) is 5.06. The zero-order valence-corrected chi connectivity index (χ0v) is 18.3. The van der Waals surface area contributed by atoms with E-state index in [2.05, 4.69) is 6.92 Å². The molecule has 0 N–H and O–H groups in total. The van der Waals surface area contributed by atoms with Crippen molar-refractivity contribution >= 4 is 11.8 Å². The van der Waals surface area contributed by atoms with E-state index < -0.39 is 11.9 Å². The van der Waals surface area contributed by atoms with Gasteiger partial charge in [0, 0.05) is 6.42 Å². The Morgan fingerprint density at radius 1 is 0.867 bits per heavy atom. The van der Waals surface area contributed by atoms with E-state index in [-0.39, 0.29) is 12.4 Å². The van der Waals surface area contributed by atoms with E-state index in [4.69, 9.17) is 9.47 Å². The number of unbranched alkanes of at least 4 members (excludes halogenated alkanes) is 5. The number of ketones is 1. The molecule has 2 rings (SSSR count). The van der Waals surface area contributed by atoms with Crippen LogP contribution in [0.2, 0.25) is 0 Å². The summed E-state index contributed by atoms with van der Waals surface area (Å²) in [5.74, 6) is -0.809. The second kappa shape index (κ2) is 13.6. The monoisotopic (exact) mass is 410 g/mol. The summed E-state index contributed by atoms with van der Waals surface area (Å²) in [5.41, 5.74) is 1.69. The van der Waals surface area contributed by atoms with Crippen LogP contribution in [0.1, 0.15) is 75.8 Å². The number of hydrogen-bond acceptors (Lipinski definition) is 4. The van der Waals surface area contributed by atoms with Crippen molar-refractivity contribution in [1.82, 2.24) is 0 Å². The molecule has 0 aliphatic carbocycles. The Morgan fingerprint density at radius 2 is 1.60 bits per heavy atom. The van der Waals surface area contributed by atoms with Crippen molar-refractivity contribution < 1.29 is 19.1 Å². The normalized spacial score (nSPS) is 11.7. The maximum Gasteiger partial charge on any atom is 0.321 e. The van der Waals surface area contributed by atoms with Crippen LogP contribution in [0.5, 0.6) is 5.75 Å². The van der Waals surface area contributed by atoms with Gasteiger partial charge in [-0.05, 0) is 36.6 Å². The van der Waals surface area contributed by atoms with Gasteiger partial charge in [0.25, 0.3) is 0 Å². The smallest absolute Gasteiger partial charge is 0.321 e. The summed E-state index contributed by atoms with van der Waals surface area (Å²) < 4.78 is 11.1. The molecule has 4 heteroatoms. The lowest BCUT2D eigenvalue weighted by Gasteiger charge is -2.16. The number of hydrogen-bond donors (Lipinski definition) is 0. The van der Waals surface area contributed by atoms with Crippen LogP contribution in [0, 0.1) is 0 Å². The molecule has 2 aromatic rings. The fraction of sp³-hybridized carbons (Fsp3) is 0.462. The average molecular weight is 411 g/mol. The first kappa shape index (κ1) is 23.7. The summed E-state index contributed by atoms with van der Waals surface area (Å²) in [5, 5.41) is 0. The molecule has 4 nitrogen and oxygen atoms in total. The Hall–Kier alpha value is -2.62. The first-order valence-electron chi connectivity index (χ1n) is 11.1. The molecule has 0 saturated heterocycles. The molecule has 0 aliphatic rings. The van der Waals surface area contributed by atoms with E-state index >= 15 is 0 Å². The van der Waals surface area contributed by atoms with Crippen LogP contribution in [-0.4, -0.2) is 18.4 Å². The maximum absolute atomic E-state index is 12.9. The highest BCUT2D eigenvalue weighted by Gasteiger charge is 2.29. The maximum atomic E-state index is 12.9. The van der Waals surface area contributed by atoms with Gasteiger partial charge in [0.2, 0.25) is 0 Å². The molecule has 2 aromatic carbocycles. The predicted molar refractivity (Wildman–Crippen MR) is 120 cm³/mol. The lowest BCUT2D eigenvalue weighted by Crippen LogP contribution is -2.24. The van der Waals surface area contributed by atoms with Gasteiger partial charge in [0.05, 0.1) is 6.61 Å². The molecule has 0 spiro atoms. The highest BCUT2D eigenvalue weighted by atomic mass is 16.5. The van der Waals surface area contributed by atoms with Gasteiger partial charge < -0.3 is 9.47 Å². The minimum atomic E-state index is -0.888. The van der Waals surface area contributed by atoms with Crippen LogP contribution in [0.25, 0.3) is 0 Å². The number of Topliss-reactive ketones (excluding diaryl/α,β-unsaturated/α-hetero) is 1. The number of ether oxygens (including phenoxy) is 2. The summed E-state index contributed by atoms with van der Waals surface area (Å²) in [7, 11) is 0. The second-order valence-corrected chi connectivity index (χ2v) is 7.52. The minimum absolute atomic E-state index is 0.0795. The molecule has 0 bridgehead atoms. The quantitative estimate of drug-likeness (QED) is 0.210. The third-order valence-electron chi connectivity index (χ3n) is 5.06. The predicted octanol–water partition coefficient (Wildman–Crippen LogP) is 6.23. The van der Waals surface area contributed by atoms with E-state index in [1.807, 2.05) is 42.5 Å². The topological polar surface area (TPSA) is 52.6 Å². The number of benzene rings is 2. The van der Waals surface area contributed by atoms with Gasteiger partial charge in [-0.2, -0.15) is 0 Å². The first-order valence-corrected chi connectivity index (χ1v) is 11.1. The molecule has 0 aromatic heterocycles. The highest BCUT2D eigenvalue weighted by molar-refractivity contribution is 6.04. The molecule has 30 heavy (non-hydrogen) atoms. The van der Waals surface area contributed by atoms with Crippen molar-refractivity contribution in [1.29, 1.82) is 0 Å². The van der Waals surface area contributed by atoms with E-state index in [1.54, 1.807) is 19.1 Å². The summed E-state index contributed by atoms with van der Waals surface area (Å²) >= 11 is 0. The molecule has 0 heterocycles. The Bertz CT molecular complexity index is 770. The fourth-order valence-electron chi connectivity index (χ4n) is 3.43. The first-order chi connectivity index (χ1) is 14.7. The van der Waals surface area contributed by atoms with Crippen molar-refractivity contribution in [3.05, 3.63) is 65.7 Å². The van der Waals surface area contributed by atoms with E-state index in [9.17, 15) is 9.59 Å². The number of carbonyl (C=O) groups excluding carboxylic acids is 2. The van der Waals surface area contributed by atoms with Gasteiger partial charge in [0.1, 0.15) is 18.3 Å². The standard InChI is InChI=1S/C26H34O4/c1-3-5-6-7-8-12-18-24(27)25(26(28)29-4-2)22-16-13-17-23(19-22)30-20-21-14-10-9-11-15-21/h9-11,13-17,19,25H,3-8,12,18,20H2,1-2H3. The molecule has 0 aliphatic heterocycles. The molecule has 0 amide bonds. The number of carbonyl (C=O) groups is 2. The third kappa shape index (κ3) is 8.02. The largest absolute Gasteiger partial charge is 0.489 e. The molecule has 0 radical (unpaired) electrons. The Morgan fingerprint density at radius 3 is 2.33 bits per heavy atom. The van der Waals surface area contributed by atoms with Gasteiger partial charge >= 0.3 is 5.97 Å². The van der Waals surface area contributed by atoms with Crippen LogP contribution < -0.4 is 4.74 Å². The van der Waals surface area contributed by atoms with Crippen LogP contribution in [0.3, 0.4) is 0 Å². The van der Waals surface area contributed by atoms with E-state index in [1.165, 1.54) is 19.3 Å². The Kier molecular flexibility index (Phi) is 10.7. The van der Waals surface area contributed by atoms with Crippen molar-refractivity contribution in [3.8, 4) is 5.75 Å². The summed E-state index contributed by atoms with van der Waals surface area (Å²) in [4.78, 5) is 25.5. The zero-order chi connectivity index (χ0) is 21.6. The van der Waals surface area contributed by atoms with Crippen LogP contribution in [0.4, 0.5) is 0 Å². The second-order valence-electron chi connectivity index (χ2n) is 7.52. The highest BCUT2D eigenvalue weighted by Crippen LogP contribution is 2.26. The number of rotatable bonds is 14. The van der Waals surface area contributed by atoms with E-state index in [0.717, 1.165) is 24.8 Å². The summed E-state index contributed by atoms with van der Waals surface area (Å²) in [6, 6.07) is 17.1. The molecule has 162 valence electrons. The van der Waals surface area contributed by atoms with Crippen molar-refractivity contribution in [2.45, 2.75) is 71.3 Å². The van der Waals surface area contributed by atoms with Crippen LogP contribution in [0.15, 0.2) is 54.6 Å². The van der Waals surface area contributed by atoms with Crippen LogP contribution >= 0.6 is 0 Å². The number of esters is 1. The van der Waals surface area contributed by atoms with Crippen LogP contribution in [-0.2, 0) is 20.9 Å². The lowest BCUT2D eigenvalue weighted by atomic mass is 9.91. The lowest BCUT2D eigenvalue weighted by molar-refractivity contribution is -0.147. The molecule has 1 unspecified atom stereocenters. The van der Waals surface area contributed by atoms with Gasteiger partial charge in [-0.3, -0.25) is 9.59 Å². The molecular formula is C26H34O4. The fourth-order valence-corrected chi connectivity index (χ4v) is 3.43. The van der Waals surface area contributed by atoms with Gasteiger partial charge in [-0.15, -0.1) is 0 Å². The average Bonchev–Trinajstić information content (AvgIpc) is 2.76. The van der Waals surface area contributed by atoms with Crippen molar-refractivity contribution in [2.24, 2.45) is 0 Å². The Balaban J connectivity index is 2.02. The van der Waals surface area contributed by atoms with E-state index in [0.29, 0.717) is 24.3 Å². The summed E-state index contributed by atoms with van der Waals surface area (Å²) in [6.07, 6.45) is 6.98. The molecule has 0 saturated carbocycles. The van der Waals surface area contributed by atoms with Crippen molar-refractivity contribution in [3.63, 3.8) is 0 Å². The molecular weight excluding hydrogens is 376 g/mol. The zero-order valence-electron chi connectivity index (χ0n) is 18.3. The Labute approximate surface area is 180 Å². The van der Waals surface area contributed by atoms with Crippen molar-refractivity contribution in [2.75, 3.05) is 6.61 Å². The minimum Gasteiger partial charge on any atom is -0.489 e. The van der Waals surface area contributed by atoms with Gasteiger partial charge in [-0.25, -0.2) is 0 Å².